The maximum atomic E-state index is 14.0. The molecule has 0 heterocycles. The summed E-state index contributed by atoms with van der Waals surface area (Å²) in [5.41, 5.74) is -0.696. The number of aliphatic imine (C=N–C) groups is 1. The minimum Gasteiger partial charge on any atom is -0.505 e. The van der Waals surface area contributed by atoms with Gasteiger partial charge >= 0.3 is 0 Å². The van der Waals surface area contributed by atoms with Crippen LogP contribution in [-0.4, -0.2) is 18.3 Å². The molecule has 1 aromatic rings. The van der Waals surface area contributed by atoms with Crippen LogP contribution in [0.25, 0.3) is 0 Å². The van der Waals surface area contributed by atoms with E-state index in [9.17, 15) is 14.3 Å². The van der Waals surface area contributed by atoms with E-state index in [1.54, 1.807) is 0 Å². The Balaban J connectivity index is 2.60. The summed E-state index contributed by atoms with van der Waals surface area (Å²) in [5, 5.41) is 9.56. The van der Waals surface area contributed by atoms with Crippen molar-refractivity contribution in [2.24, 2.45) is 4.99 Å². The summed E-state index contributed by atoms with van der Waals surface area (Å²) in [4.78, 5) is 14.4. The predicted octanol–water partition coefficient (Wildman–Crippen LogP) is 2.65. The number of aromatic hydroxyl groups is 1. The van der Waals surface area contributed by atoms with Crippen molar-refractivity contribution in [3.8, 4) is 11.5 Å². The van der Waals surface area contributed by atoms with Crippen LogP contribution in [0, 0.1) is 5.82 Å². The summed E-state index contributed by atoms with van der Waals surface area (Å²) >= 11 is 0. The molecular formula is C13H14FNO3. The van der Waals surface area contributed by atoms with Crippen molar-refractivity contribution in [3.63, 3.8) is 0 Å². The van der Waals surface area contributed by atoms with E-state index in [4.69, 9.17) is 4.74 Å². The zero-order chi connectivity index (χ0) is 13.2. The van der Waals surface area contributed by atoms with Gasteiger partial charge in [0.05, 0.1) is 7.11 Å². The minimum atomic E-state index is -0.905. The quantitative estimate of drug-likeness (QED) is 0.663. The lowest BCUT2D eigenvalue weighted by atomic mass is 9.88. The molecule has 0 saturated heterocycles. The molecule has 0 unspecified atom stereocenters. The minimum absolute atomic E-state index is 0.209. The van der Waals surface area contributed by atoms with Crippen molar-refractivity contribution in [1.82, 2.24) is 0 Å². The van der Waals surface area contributed by atoms with Crippen molar-refractivity contribution in [2.75, 3.05) is 7.11 Å². The smallest absolute Gasteiger partial charge is 0.235 e. The lowest BCUT2D eigenvalue weighted by Gasteiger charge is -2.24. The van der Waals surface area contributed by atoms with Gasteiger partial charge < -0.3 is 9.84 Å². The number of halogens is 1. The Morgan fingerprint density at radius 1 is 1.44 bits per heavy atom. The van der Waals surface area contributed by atoms with Gasteiger partial charge in [-0.1, -0.05) is 12.8 Å². The highest BCUT2D eigenvalue weighted by molar-refractivity contribution is 5.45. The van der Waals surface area contributed by atoms with E-state index >= 15 is 0 Å². The van der Waals surface area contributed by atoms with Crippen LogP contribution in [0.15, 0.2) is 17.1 Å². The van der Waals surface area contributed by atoms with Gasteiger partial charge in [-0.05, 0) is 18.9 Å². The molecule has 1 saturated carbocycles. The predicted molar refractivity (Wildman–Crippen MR) is 62.9 cm³/mol. The summed E-state index contributed by atoms with van der Waals surface area (Å²) in [5.74, 6) is -0.885. The topological polar surface area (TPSA) is 58.9 Å². The van der Waals surface area contributed by atoms with Gasteiger partial charge in [0.1, 0.15) is 11.3 Å². The van der Waals surface area contributed by atoms with Gasteiger partial charge in [0, 0.05) is 11.6 Å². The highest BCUT2D eigenvalue weighted by atomic mass is 19.1. The van der Waals surface area contributed by atoms with Crippen LogP contribution in [0.1, 0.15) is 31.2 Å². The number of isocyanates is 1. The third kappa shape index (κ3) is 1.97. The Labute approximate surface area is 104 Å². The van der Waals surface area contributed by atoms with Gasteiger partial charge in [0.25, 0.3) is 0 Å². The second kappa shape index (κ2) is 4.78. The van der Waals surface area contributed by atoms with Crippen molar-refractivity contribution in [2.45, 2.75) is 31.2 Å². The molecule has 18 heavy (non-hydrogen) atoms. The molecule has 1 aromatic carbocycles. The van der Waals surface area contributed by atoms with Gasteiger partial charge in [-0.15, -0.1) is 0 Å². The fourth-order valence-corrected chi connectivity index (χ4v) is 2.53. The number of benzene rings is 1. The second-order valence-corrected chi connectivity index (χ2v) is 4.45. The van der Waals surface area contributed by atoms with E-state index in [1.807, 2.05) is 0 Å². The fraction of sp³-hybridized carbons (Fsp3) is 0.462. The van der Waals surface area contributed by atoms with Crippen LogP contribution in [-0.2, 0) is 10.3 Å². The second-order valence-electron chi connectivity index (χ2n) is 4.45. The number of phenols is 1. The Morgan fingerprint density at radius 3 is 2.67 bits per heavy atom. The third-order valence-corrected chi connectivity index (χ3v) is 3.45. The summed E-state index contributed by atoms with van der Waals surface area (Å²) in [6.07, 6.45) is 4.40. The molecule has 0 bridgehead atoms. The third-order valence-electron chi connectivity index (χ3n) is 3.45. The Kier molecular flexibility index (Phi) is 3.34. The summed E-state index contributed by atoms with van der Waals surface area (Å²) in [7, 11) is 1.43. The molecule has 0 aromatic heterocycles. The Bertz CT molecular complexity index is 503. The fourth-order valence-electron chi connectivity index (χ4n) is 2.53. The molecule has 1 aliphatic carbocycles. The van der Waals surface area contributed by atoms with Crippen molar-refractivity contribution in [3.05, 3.63) is 23.5 Å². The normalized spacial score (nSPS) is 17.2. The van der Waals surface area contributed by atoms with Gasteiger partial charge in [0.15, 0.2) is 11.6 Å². The number of hydrogen-bond donors (Lipinski definition) is 1. The van der Waals surface area contributed by atoms with E-state index in [2.05, 4.69) is 4.99 Å². The van der Waals surface area contributed by atoms with Crippen molar-refractivity contribution >= 4 is 6.08 Å². The zero-order valence-corrected chi connectivity index (χ0v) is 10.1. The molecule has 1 aliphatic rings. The summed E-state index contributed by atoms with van der Waals surface area (Å²) in [6.45, 7) is 0. The lowest BCUT2D eigenvalue weighted by Crippen LogP contribution is -2.20. The van der Waals surface area contributed by atoms with Crippen LogP contribution in [0.4, 0.5) is 4.39 Å². The first kappa shape index (κ1) is 12.6. The van der Waals surface area contributed by atoms with Gasteiger partial charge in [-0.3, -0.25) is 0 Å². The summed E-state index contributed by atoms with van der Waals surface area (Å²) in [6, 6.07) is 2.69. The van der Waals surface area contributed by atoms with Crippen LogP contribution in [0.3, 0.4) is 0 Å². The maximum absolute atomic E-state index is 14.0. The Hall–Kier alpha value is -1.87. The first-order valence-electron chi connectivity index (χ1n) is 5.79. The van der Waals surface area contributed by atoms with E-state index < -0.39 is 17.1 Å². The number of carbonyl (C=O) groups excluding carboxylic acids is 1. The first-order chi connectivity index (χ1) is 8.63. The molecule has 0 spiro atoms. The highest BCUT2D eigenvalue weighted by Crippen LogP contribution is 2.45. The van der Waals surface area contributed by atoms with E-state index in [-0.39, 0.29) is 5.56 Å². The highest BCUT2D eigenvalue weighted by Gasteiger charge is 2.39. The molecule has 96 valence electrons. The van der Waals surface area contributed by atoms with Crippen LogP contribution < -0.4 is 4.74 Å². The van der Waals surface area contributed by atoms with E-state index in [0.717, 1.165) is 12.8 Å². The number of phenolic OH excluding ortho intramolecular Hbond substituents is 1. The number of nitrogens with zero attached hydrogens (tertiary/aromatic N) is 1. The molecule has 0 atom stereocenters. The van der Waals surface area contributed by atoms with Crippen LogP contribution >= 0.6 is 0 Å². The molecule has 0 aliphatic heterocycles. The van der Waals surface area contributed by atoms with Crippen LogP contribution in [0.5, 0.6) is 11.5 Å². The molecular weight excluding hydrogens is 237 g/mol. The summed E-state index contributed by atoms with van der Waals surface area (Å²) < 4.78 is 19.0. The average Bonchev–Trinajstić information content (AvgIpc) is 2.82. The molecule has 0 amide bonds. The largest absolute Gasteiger partial charge is 0.505 e. The molecule has 5 heteroatoms. The van der Waals surface area contributed by atoms with E-state index in [0.29, 0.717) is 18.6 Å². The number of rotatable bonds is 3. The maximum Gasteiger partial charge on any atom is 0.235 e. The lowest BCUT2D eigenvalue weighted by molar-refractivity contribution is 0.374. The number of hydrogen-bond acceptors (Lipinski definition) is 4. The average molecular weight is 251 g/mol. The van der Waals surface area contributed by atoms with Gasteiger partial charge in [0.2, 0.25) is 6.08 Å². The SMILES string of the molecule is COc1cc(O)c(F)c(C2(N=C=O)CCCC2)c1. The molecule has 2 rings (SSSR count). The van der Waals surface area contributed by atoms with Crippen LogP contribution in [0.2, 0.25) is 0 Å². The number of ether oxygens (including phenoxy) is 1. The number of methoxy groups -OCH3 is 1. The van der Waals surface area contributed by atoms with E-state index in [1.165, 1.54) is 25.3 Å². The van der Waals surface area contributed by atoms with Crippen molar-refractivity contribution in [1.29, 1.82) is 0 Å². The van der Waals surface area contributed by atoms with Crippen molar-refractivity contribution < 1.29 is 19.0 Å². The Morgan fingerprint density at radius 2 is 2.11 bits per heavy atom. The first-order valence-corrected chi connectivity index (χ1v) is 5.79. The molecule has 1 N–H and O–H groups in total. The van der Waals surface area contributed by atoms with Gasteiger partial charge in [-0.25, -0.2) is 9.18 Å². The standard InChI is InChI=1S/C13H14FNO3/c1-18-9-6-10(12(14)11(17)7-9)13(15-8-16)4-2-3-5-13/h6-7,17H,2-5H2,1H3. The zero-order valence-electron chi connectivity index (χ0n) is 10.1. The monoisotopic (exact) mass is 251 g/mol. The van der Waals surface area contributed by atoms with Gasteiger partial charge in [-0.2, -0.15) is 4.99 Å². The molecule has 1 fully saturated rings. The molecule has 0 radical (unpaired) electrons. The molecule has 4 nitrogen and oxygen atoms in total.